The van der Waals surface area contributed by atoms with Gasteiger partial charge < -0.3 is 20.3 Å². The van der Waals surface area contributed by atoms with E-state index in [1.54, 1.807) is 14.0 Å². The van der Waals surface area contributed by atoms with Gasteiger partial charge in [-0.1, -0.05) is 11.6 Å². The number of halogens is 1. The van der Waals surface area contributed by atoms with E-state index in [0.717, 1.165) is 11.3 Å². The van der Waals surface area contributed by atoms with Crippen LogP contribution in [0.5, 0.6) is 5.88 Å². The highest BCUT2D eigenvalue weighted by molar-refractivity contribution is 7.21. The summed E-state index contributed by atoms with van der Waals surface area (Å²) < 4.78 is 10.3. The monoisotopic (exact) mass is 316 g/mol. The van der Waals surface area contributed by atoms with Crippen molar-refractivity contribution in [3.05, 3.63) is 15.5 Å². The second-order valence-electron chi connectivity index (χ2n) is 4.03. The Hall–Kier alpha value is -1.57. The Morgan fingerprint density at radius 1 is 1.50 bits per heavy atom. The van der Waals surface area contributed by atoms with E-state index in [4.69, 9.17) is 31.9 Å². The average molecular weight is 317 g/mol. The molecule has 0 aliphatic carbocycles. The number of rotatable bonds is 5. The molecule has 0 aliphatic heterocycles. The number of hydrogen-bond donors (Lipinski definition) is 2. The minimum Gasteiger partial charge on any atom is -0.477 e. The number of aryl methyl sites for hydroxylation is 1. The molecule has 0 bridgehead atoms. The number of ether oxygens (including phenoxy) is 2. The Labute approximate surface area is 124 Å². The fraction of sp³-hybridized carbons (Fsp3) is 0.333. The van der Waals surface area contributed by atoms with Crippen molar-refractivity contribution in [2.75, 3.05) is 26.1 Å². The average Bonchev–Trinajstić information content (AvgIpc) is 2.73. The summed E-state index contributed by atoms with van der Waals surface area (Å²) in [6.45, 7) is 2.47. The first kappa shape index (κ1) is 14.8. The van der Waals surface area contributed by atoms with E-state index in [0.29, 0.717) is 34.0 Å². The van der Waals surface area contributed by atoms with Gasteiger partial charge in [0.05, 0.1) is 12.3 Å². The zero-order chi connectivity index (χ0) is 14.9. The zero-order valence-electron chi connectivity index (χ0n) is 10.9. The number of nitrogens with two attached hydrogens (primary N) is 1. The van der Waals surface area contributed by atoms with Crippen LogP contribution in [0, 0.1) is 6.92 Å². The third-order valence-electron chi connectivity index (χ3n) is 2.74. The van der Waals surface area contributed by atoms with Gasteiger partial charge in [0.1, 0.15) is 21.3 Å². The molecule has 0 spiro atoms. The van der Waals surface area contributed by atoms with E-state index in [2.05, 4.69) is 4.98 Å². The maximum Gasteiger partial charge on any atom is 0.348 e. The summed E-state index contributed by atoms with van der Waals surface area (Å²) in [4.78, 5) is 15.9. The van der Waals surface area contributed by atoms with Gasteiger partial charge in [-0.2, -0.15) is 0 Å². The Morgan fingerprint density at radius 2 is 2.20 bits per heavy atom. The summed E-state index contributed by atoms with van der Waals surface area (Å²) in [6.07, 6.45) is 0. The molecule has 0 aromatic carbocycles. The van der Waals surface area contributed by atoms with E-state index < -0.39 is 5.97 Å². The molecular weight excluding hydrogens is 304 g/mol. The predicted molar refractivity (Wildman–Crippen MR) is 78.1 cm³/mol. The lowest BCUT2D eigenvalue weighted by molar-refractivity contribution is 0.0703. The van der Waals surface area contributed by atoms with Crippen LogP contribution in [-0.2, 0) is 4.74 Å². The van der Waals surface area contributed by atoms with Crippen LogP contribution < -0.4 is 10.5 Å². The number of fused-ring (bicyclic) bond motifs is 1. The molecule has 108 valence electrons. The second-order valence-corrected chi connectivity index (χ2v) is 5.40. The SMILES string of the molecule is COCCOc1nc2sc(C(=O)O)c(N)c2c(C)c1Cl. The number of thiophene rings is 1. The van der Waals surface area contributed by atoms with E-state index in [9.17, 15) is 4.79 Å². The van der Waals surface area contributed by atoms with Gasteiger partial charge in [0, 0.05) is 12.5 Å². The number of carboxylic acid groups (broad SMARTS) is 1. The largest absolute Gasteiger partial charge is 0.477 e. The van der Waals surface area contributed by atoms with Gasteiger partial charge >= 0.3 is 5.97 Å². The Kier molecular flexibility index (Phi) is 4.32. The Balaban J connectivity index is 2.54. The van der Waals surface area contributed by atoms with E-state index in [1.807, 2.05) is 0 Å². The fourth-order valence-corrected chi connectivity index (χ4v) is 2.94. The van der Waals surface area contributed by atoms with Gasteiger partial charge in [-0.25, -0.2) is 9.78 Å². The standard InChI is InChI=1S/C12H13ClN2O4S/c1-5-6-8(14)9(12(16)17)20-11(6)15-10(7(5)13)19-4-3-18-2/h3-4,14H2,1-2H3,(H,16,17). The number of nitrogen functional groups attached to an aromatic ring is 1. The molecule has 0 atom stereocenters. The van der Waals surface area contributed by atoms with Gasteiger partial charge in [0.15, 0.2) is 0 Å². The molecule has 2 aromatic rings. The van der Waals surface area contributed by atoms with Crippen LogP contribution >= 0.6 is 22.9 Å². The summed E-state index contributed by atoms with van der Waals surface area (Å²) in [5.74, 6) is -0.824. The van der Waals surface area contributed by atoms with Gasteiger partial charge in [-0.3, -0.25) is 0 Å². The van der Waals surface area contributed by atoms with Crippen molar-refractivity contribution < 1.29 is 19.4 Å². The minimum absolute atomic E-state index is 0.0562. The molecule has 2 rings (SSSR count). The lowest BCUT2D eigenvalue weighted by Crippen LogP contribution is -2.06. The Bertz CT molecular complexity index is 671. The first-order valence-corrected chi connectivity index (χ1v) is 6.90. The summed E-state index contributed by atoms with van der Waals surface area (Å²) in [5.41, 5.74) is 6.70. The first-order chi connectivity index (χ1) is 9.47. The van der Waals surface area contributed by atoms with E-state index >= 15 is 0 Å². The lowest BCUT2D eigenvalue weighted by Gasteiger charge is -2.09. The molecule has 0 saturated heterocycles. The number of aromatic nitrogens is 1. The van der Waals surface area contributed by atoms with Crippen molar-refractivity contribution in [1.82, 2.24) is 4.98 Å². The van der Waals surface area contributed by atoms with Gasteiger partial charge in [0.2, 0.25) is 5.88 Å². The highest BCUT2D eigenvalue weighted by Gasteiger charge is 2.21. The predicted octanol–water partition coefficient (Wildman–Crippen LogP) is 2.56. The van der Waals surface area contributed by atoms with Crippen molar-refractivity contribution in [3.63, 3.8) is 0 Å². The third kappa shape index (κ3) is 2.52. The van der Waals surface area contributed by atoms with Crippen molar-refractivity contribution >= 4 is 44.8 Å². The highest BCUT2D eigenvalue weighted by atomic mass is 35.5. The normalized spacial score (nSPS) is 10.9. The number of methoxy groups -OCH3 is 1. The quantitative estimate of drug-likeness (QED) is 0.823. The van der Waals surface area contributed by atoms with Crippen LogP contribution in [0.1, 0.15) is 15.2 Å². The smallest absolute Gasteiger partial charge is 0.348 e. The second kappa shape index (κ2) is 5.82. The Morgan fingerprint density at radius 3 is 2.80 bits per heavy atom. The summed E-state index contributed by atoms with van der Waals surface area (Å²) in [7, 11) is 1.56. The number of nitrogens with zero attached hydrogens (tertiary/aromatic N) is 1. The molecule has 0 amide bonds. The molecule has 6 nitrogen and oxygen atoms in total. The van der Waals surface area contributed by atoms with Crippen molar-refractivity contribution in [3.8, 4) is 5.88 Å². The molecule has 0 saturated carbocycles. The number of anilines is 1. The lowest BCUT2D eigenvalue weighted by atomic mass is 10.1. The molecule has 2 heterocycles. The molecule has 3 N–H and O–H groups in total. The van der Waals surface area contributed by atoms with Crippen LogP contribution in [-0.4, -0.2) is 36.4 Å². The molecule has 0 unspecified atom stereocenters. The van der Waals surface area contributed by atoms with E-state index in [-0.39, 0.29) is 16.4 Å². The van der Waals surface area contributed by atoms with Gasteiger partial charge in [-0.15, -0.1) is 11.3 Å². The van der Waals surface area contributed by atoms with Crippen LogP contribution in [0.3, 0.4) is 0 Å². The van der Waals surface area contributed by atoms with Crippen LogP contribution in [0.4, 0.5) is 5.69 Å². The van der Waals surface area contributed by atoms with Crippen molar-refractivity contribution in [2.24, 2.45) is 0 Å². The first-order valence-electron chi connectivity index (χ1n) is 5.70. The van der Waals surface area contributed by atoms with Crippen LogP contribution in [0.15, 0.2) is 0 Å². The minimum atomic E-state index is -1.08. The third-order valence-corrected chi connectivity index (χ3v) is 4.27. The summed E-state index contributed by atoms with van der Waals surface area (Å²) >= 11 is 7.19. The number of hydrogen-bond acceptors (Lipinski definition) is 6. The van der Waals surface area contributed by atoms with Crippen LogP contribution in [0.25, 0.3) is 10.2 Å². The molecule has 8 heteroatoms. The molecule has 0 radical (unpaired) electrons. The highest BCUT2D eigenvalue weighted by Crippen LogP contribution is 2.40. The van der Waals surface area contributed by atoms with Gasteiger partial charge in [-0.05, 0) is 12.5 Å². The maximum absolute atomic E-state index is 11.1. The van der Waals surface area contributed by atoms with Gasteiger partial charge in [0.25, 0.3) is 0 Å². The number of aromatic carboxylic acids is 1. The summed E-state index contributed by atoms with van der Waals surface area (Å²) in [5, 5.41) is 9.99. The molecule has 0 aliphatic rings. The zero-order valence-corrected chi connectivity index (χ0v) is 12.5. The topological polar surface area (TPSA) is 94.7 Å². The maximum atomic E-state index is 11.1. The molecular formula is C12H13ClN2O4S. The fourth-order valence-electron chi connectivity index (χ4n) is 1.76. The number of carboxylic acids is 1. The summed E-state index contributed by atoms with van der Waals surface area (Å²) in [6, 6.07) is 0. The number of pyridine rings is 1. The molecule has 2 aromatic heterocycles. The molecule has 20 heavy (non-hydrogen) atoms. The van der Waals surface area contributed by atoms with Crippen molar-refractivity contribution in [1.29, 1.82) is 0 Å². The van der Waals surface area contributed by atoms with Crippen molar-refractivity contribution in [2.45, 2.75) is 6.92 Å². The molecule has 0 fully saturated rings. The number of carbonyl (C=O) groups is 1. The van der Waals surface area contributed by atoms with Crippen LogP contribution in [0.2, 0.25) is 5.02 Å². The van der Waals surface area contributed by atoms with E-state index in [1.165, 1.54) is 0 Å².